The fourth-order valence-corrected chi connectivity index (χ4v) is 0.0393. The van der Waals surface area contributed by atoms with Crippen molar-refractivity contribution in [2.75, 3.05) is 0 Å². The molecule has 0 aliphatic heterocycles. The Kier molecular flexibility index (Phi) is 2.15. The molecule has 0 aromatic carbocycles. The number of terminal acetylenes is 1. The first-order chi connectivity index (χ1) is 2.81. The Labute approximate surface area is 37.4 Å². The van der Waals surface area contributed by atoms with Crippen molar-refractivity contribution in [2.45, 2.75) is 6.92 Å². The lowest BCUT2D eigenvalue weighted by atomic mass is 10.2. The van der Waals surface area contributed by atoms with Gasteiger partial charge in [0, 0.05) is 0 Å². The summed E-state index contributed by atoms with van der Waals surface area (Å²) in [6.07, 6.45) is 5.54. The topological polar surface area (TPSA) is 17.1 Å². The van der Waals surface area contributed by atoms with Gasteiger partial charge >= 0.3 is 0 Å². The molecule has 0 amide bonds. The molecule has 0 fully saturated rings. The first kappa shape index (κ1) is 5.23. The van der Waals surface area contributed by atoms with Crippen LogP contribution in [-0.4, -0.2) is 6.29 Å². The largest absolute Gasteiger partial charge is 0.302 e. The first-order valence-electron chi connectivity index (χ1n) is 1.72. The summed E-state index contributed by atoms with van der Waals surface area (Å²) in [5.74, 6) is 2.03. The van der Waals surface area contributed by atoms with Crippen molar-refractivity contribution in [3.05, 3.63) is 0 Å². The van der Waals surface area contributed by atoms with Crippen LogP contribution in [0.3, 0.4) is 0 Å². The van der Waals surface area contributed by atoms with Gasteiger partial charge in [0.25, 0.3) is 0 Å². The normalized spacial score (nSPS) is 12.0. The van der Waals surface area contributed by atoms with Crippen LogP contribution in [0.5, 0.6) is 0 Å². The Hall–Kier alpha value is -0.770. The summed E-state index contributed by atoms with van der Waals surface area (Å²) >= 11 is 0. The molecule has 1 heteroatoms. The van der Waals surface area contributed by atoms with E-state index in [0.29, 0.717) is 0 Å². The molecule has 0 bridgehead atoms. The molecular formula is C5H6O. The molecule has 0 N–H and O–H groups in total. The van der Waals surface area contributed by atoms with E-state index in [0.717, 1.165) is 6.29 Å². The second kappa shape index (κ2) is 2.47. The predicted octanol–water partition coefficient (Wildman–Crippen LogP) is 0.455. The third-order valence-electron chi connectivity index (χ3n) is 0.467. The summed E-state index contributed by atoms with van der Waals surface area (Å²) in [5.41, 5.74) is 0. The van der Waals surface area contributed by atoms with Crippen LogP contribution in [0.1, 0.15) is 6.92 Å². The third kappa shape index (κ3) is 1.54. The number of carbonyl (C=O) groups is 1. The lowest BCUT2D eigenvalue weighted by Crippen LogP contribution is -1.86. The van der Waals surface area contributed by atoms with Crippen LogP contribution < -0.4 is 0 Å². The van der Waals surface area contributed by atoms with Crippen molar-refractivity contribution in [1.82, 2.24) is 0 Å². The second-order valence-corrected chi connectivity index (χ2v) is 1.09. The minimum atomic E-state index is -0.218. The van der Waals surface area contributed by atoms with Crippen molar-refractivity contribution in [2.24, 2.45) is 5.92 Å². The fourth-order valence-electron chi connectivity index (χ4n) is 0.0393. The van der Waals surface area contributed by atoms with Crippen LogP contribution in [0.15, 0.2) is 0 Å². The standard InChI is InChI=1S/C5H6O/c1-3-5(2)4-6/h1,4-5H,2H3. The summed E-state index contributed by atoms with van der Waals surface area (Å²) in [6, 6.07) is 0. The van der Waals surface area contributed by atoms with Crippen LogP contribution in [0.25, 0.3) is 0 Å². The first-order valence-corrected chi connectivity index (χ1v) is 1.72. The number of aldehydes is 1. The minimum Gasteiger partial charge on any atom is -0.302 e. The highest BCUT2D eigenvalue weighted by Gasteiger charge is 1.85. The van der Waals surface area contributed by atoms with E-state index < -0.39 is 0 Å². The molecule has 0 aromatic heterocycles. The predicted molar refractivity (Wildman–Crippen MR) is 24.1 cm³/mol. The molecule has 6 heavy (non-hydrogen) atoms. The Morgan fingerprint density at radius 3 is 2.50 bits per heavy atom. The average Bonchev–Trinajstić information content (AvgIpc) is 1.65. The van der Waals surface area contributed by atoms with Crippen LogP contribution in [0, 0.1) is 18.3 Å². The third-order valence-corrected chi connectivity index (χ3v) is 0.467. The highest BCUT2D eigenvalue weighted by Crippen LogP contribution is 1.79. The van der Waals surface area contributed by atoms with Crippen molar-refractivity contribution >= 4 is 6.29 Å². The molecule has 0 aliphatic rings. The SMILES string of the molecule is C#CC(C)C=O. The minimum absolute atomic E-state index is 0.218. The van der Waals surface area contributed by atoms with Gasteiger partial charge in [0.15, 0.2) is 0 Å². The summed E-state index contributed by atoms with van der Waals surface area (Å²) in [6.45, 7) is 1.67. The number of hydrogen-bond donors (Lipinski definition) is 0. The van der Waals surface area contributed by atoms with Gasteiger partial charge in [-0.1, -0.05) is 5.92 Å². The van der Waals surface area contributed by atoms with Gasteiger partial charge in [0.05, 0.1) is 5.92 Å². The molecule has 0 rings (SSSR count). The Morgan fingerprint density at radius 1 is 2.00 bits per heavy atom. The van der Waals surface area contributed by atoms with Gasteiger partial charge in [-0.3, -0.25) is 0 Å². The van der Waals surface area contributed by atoms with Gasteiger partial charge < -0.3 is 4.79 Å². The molecule has 0 heterocycles. The van der Waals surface area contributed by atoms with Crippen LogP contribution in [0.4, 0.5) is 0 Å². The quantitative estimate of drug-likeness (QED) is 0.331. The summed E-state index contributed by atoms with van der Waals surface area (Å²) in [7, 11) is 0. The molecular weight excluding hydrogens is 76.1 g/mol. The Bertz CT molecular complexity index is 78.4. The van der Waals surface area contributed by atoms with Gasteiger partial charge in [-0.25, -0.2) is 0 Å². The molecule has 0 saturated heterocycles. The zero-order valence-electron chi connectivity index (χ0n) is 3.64. The van der Waals surface area contributed by atoms with Gasteiger partial charge in [-0.05, 0) is 6.92 Å². The molecule has 1 atom stereocenters. The van der Waals surface area contributed by atoms with E-state index in [-0.39, 0.29) is 5.92 Å². The van der Waals surface area contributed by atoms with Crippen LogP contribution >= 0.6 is 0 Å². The molecule has 1 nitrogen and oxygen atoms in total. The molecule has 0 aromatic rings. The van der Waals surface area contributed by atoms with Crippen LogP contribution in [-0.2, 0) is 4.79 Å². The highest BCUT2D eigenvalue weighted by molar-refractivity contribution is 5.57. The smallest absolute Gasteiger partial charge is 0.134 e. The monoisotopic (exact) mass is 82.0 g/mol. The van der Waals surface area contributed by atoms with E-state index in [2.05, 4.69) is 5.92 Å². The van der Waals surface area contributed by atoms with Crippen LogP contribution in [0.2, 0.25) is 0 Å². The number of rotatable bonds is 1. The molecule has 32 valence electrons. The summed E-state index contributed by atoms with van der Waals surface area (Å²) in [5, 5.41) is 0. The number of hydrogen-bond acceptors (Lipinski definition) is 1. The second-order valence-electron chi connectivity index (χ2n) is 1.09. The maximum atomic E-state index is 9.59. The van der Waals surface area contributed by atoms with Gasteiger partial charge in [0.2, 0.25) is 0 Å². The zero-order chi connectivity index (χ0) is 4.99. The Morgan fingerprint density at radius 2 is 2.50 bits per heavy atom. The molecule has 0 radical (unpaired) electrons. The molecule has 0 saturated carbocycles. The lowest BCUT2D eigenvalue weighted by Gasteiger charge is -1.79. The van der Waals surface area contributed by atoms with Crippen molar-refractivity contribution in [3.63, 3.8) is 0 Å². The van der Waals surface area contributed by atoms with Crippen molar-refractivity contribution in [3.8, 4) is 12.3 Å². The van der Waals surface area contributed by atoms with Gasteiger partial charge in [0.1, 0.15) is 6.29 Å². The Balaban J connectivity index is 3.30. The van der Waals surface area contributed by atoms with E-state index >= 15 is 0 Å². The van der Waals surface area contributed by atoms with Crippen molar-refractivity contribution < 1.29 is 4.79 Å². The van der Waals surface area contributed by atoms with Gasteiger partial charge in [-0.15, -0.1) is 6.42 Å². The molecule has 1 unspecified atom stereocenters. The van der Waals surface area contributed by atoms with E-state index in [1.54, 1.807) is 6.92 Å². The van der Waals surface area contributed by atoms with E-state index in [1.165, 1.54) is 0 Å². The maximum absolute atomic E-state index is 9.59. The van der Waals surface area contributed by atoms with Crippen molar-refractivity contribution in [1.29, 1.82) is 0 Å². The lowest BCUT2D eigenvalue weighted by molar-refractivity contribution is -0.109. The highest BCUT2D eigenvalue weighted by atomic mass is 16.1. The average molecular weight is 82.1 g/mol. The van der Waals surface area contributed by atoms with E-state index in [1.807, 2.05) is 0 Å². The van der Waals surface area contributed by atoms with E-state index in [9.17, 15) is 4.79 Å². The maximum Gasteiger partial charge on any atom is 0.134 e. The number of carbonyl (C=O) groups excluding carboxylic acids is 1. The van der Waals surface area contributed by atoms with E-state index in [4.69, 9.17) is 6.42 Å². The summed E-state index contributed by atoms with van der Waals surface area (Å²) in [4.78, 5) is 9.59. The zero-order valence-corrected chi connectivity index (χ0v) is 3.64. The fraction of sp³-hybridized carbons (Fsp3) is 0.400. The molecule has 0 aliphatic carbocycles. The summed E-state index contributed by atoms with van der Waals surface area (Å²) < 4.78 is 0. The van der Waals surface area contributed by atoms with Gasteiger partial charge in [-0.2, -0.15) is 0 Å². The molecule has 0 spiro atoms.